The largest absolute Gasteiger partial charge is 0.358 e. The molecule has 0 radical (unpaired) electrons. The number of benzene rings is 1. The molecule has 1 aromatic rings. The molecule has 0 saturated carbocycles. The lowest BCUT2D eigenvalue weighted by atomic mass is 10.0. The maximum absolute atomic E-state index is 12.6. The monoisotopic (exact) mass is 346 g/mol. The van der Waals surface area contributed by atoms with Crippen molar-refractivity contribution < 1.29 is 9.59 Å². The fourth-order valence-electron chi connectivity index (χ4n) is 3.33. The highest BCUT2D eigenvalue weighted by Crippen LogP contribution is 2.23. The number of hydrogen-bond donors (Lipinski definition) is 2. The van der Waals surface area contributed by atoms with Gasteiger partial charge in [0.2, 0.25) is 11.8 Å². The molecule has 0 aromatic heterocycles. The molecule has 138 valence electrons. The molecule has 2 atom stereocenters. The Morgan fingerprint density at radius 2 is 2.00 bits per heavy atom. The highest BCUT2D eigenvalue weighted by molar-refractivity contribution is 5.85. The SMILES string of the molecule is CNC(=O)C(Cc1ccccc1)N1CCCC1C(=O)NCCN(C)C. The highest BCUT2D eigenvalue weighted by atomic mass is 16.2. The Bertz CT molecular complexity index is 562. The summed E-state index contributed by atoms with van der Waals surface area (Å²) in [6, 6.07) is 9.43. The number of rotatable bonds is 8. The molecule has 6 heteroatoms. The topological polar surface area (TPSA) is 64.7 Å². The van der Waals surface area contributed by atoms with Crippen LogP contribution in [0.15, 0.2) is 30.3 Å². The van der Waals surface area contributed by atoms with E-state index in [0.717, 1.165) is 31.5 Å². The van der Waals surface area contributed by atoms with Crippen LogP contribution < -0.4 is 10.6 Å². The van der Waals surface area contributed by atoms with Crippen molar-refractivity contribution in [1.82, 2.24) is 20.4 Å². The van der Waals surface area contributed by atoms with Crippen LogP contribution in [0.2, 0.25) is 0 Å². The number of carbonyl (C=O) groups is 2. The van der Waals surface area contributed by atoms with Gasteiger partial charge in [-0.3, -0.25) is 14.5 Å². The van der Waals surface area contributed by atoms with Crippen LogP contribution in [0.4, 0.5) is 0 Å². The smallest absolute Gasteiger partial charge is 0.237 e. The molecule has 25 heavy (non-hydrogen) atoms. The van der Waals surface area contributed by atoms with Gasteiger partial charge in [0, 0.05) is 20.1 Å². The Morgan fingerprint density at radius 3 is 2.64 bits per heavy atom. The van der Waals surface area contributed by atoms with E-state index in [1.165, 1.54) is 0 Å². The Labute approximate surface area is 150 Å². The van der Waals surface area contributed by atoms with E-state index in [-0.39, 0.29) is 23.9 Å². The van der Waals surface area contributed by atoms with Gasteiger partial charge in [-0.25, -0.2) is 0 Å². The lowest BCUT2D eigenvalue weighted by Crippen LogP contribution is -2.54. The molecule has 2 amide bonds. The maximum Gasteiger partial charge on any atom is 0.237 e. The van der Waals surface area contributed by atoms with E-state index < -0.39 is 0 Å². The van der Waals surface area contributed by atoms with Crippen molar-refractivity contribution in [3.8, 4) is 0 Å². The molecule has 0 bridgehead atoms. The second-order valence-electron chi connectivity index (χ2n) is 6.81. The van der Waals surface area contributed by atoms with Crippen LogP contribution in [0.5, 0.6) is 0 Å². The predicted octanol–water partition coefficient (Wildman–Crippen LogP) is 0.486. The molecule has 6 nitrogen and oxygen atoms in total. The van der Waals surface area contributed by atoms with Crippen LogP contribution in [-0.2, 0) is 16.0 Å². The van der Waals surface area contributed by atoms with E-state index in [1.807, 2.05) is 49.3 Å². The van der Waals surface area contributed by atoms with E-state index in [0.29, 0.717) is 13.0 Å². The summed E-state index contributed by atoms with van der Waals surface area (Å²) in [4.78, 5) is 29.2. The molecule has 2 rings (SSSR count). The Balaban J connectivity index is 2.06. The molecule has 2 unspecified atom stereocenters. The van der Waals surface area contributed by atoms with E-state index in [2.05, 4.69) is 15.5 Å². The summed E-state index contributed by atoms with van der Waals surface area (Å²) < 4.78 is 0. The normalized spacial score (nSPS) is 19.0. The van der Waals surface area contributed by atoms with Crippen LogP contribution in [0, 0.1) is 0 Å². The number of amides is 2. The molecule has 0 spiro atoms. The van der Waals surface area contributed by atoms with Gasteiger partial charge in [-0.1, -0.05) is 30.3 Å². The summed E-state index contributed by atoms with van der Waals surface area (Å²) in [5.74, 6) is -0.00170. The second-order valence-corrected chi connectivity index (χ2v) is 6.81. The van der Waals surface area contributed by atoms with Crippen molar-refractivity contribution in [3.63, 3.8) is 0 Å². The minimum Gasteiger partial charge on any atom is -0.358 e. The minimum atomic E-state index is -0.320. The summed E-state index contributed by atoms with van der Waals surface area (Å²) in [5, 5.41) is 5.77. The first-order valence-electron chi connectivity index (χ1n) is 8.96. The quantitative estimate of drug-likeness (QED) is 0.719. The van der Waals surface area contributed by atoms with Gasteiger partial charge in [-0.05, 0) is 45.5 Å². The standard InChI is InChI=1S/C19H30N4O2/c1-20-18(24)17(14-15-8-5-4-6-9-15)23-12-7-10-16(23)19(25)21-11-13-22(2)3/h4-6,8-9,16-17H,7,10-14H2,1-3H3,(H,20,24)(H,21,25). The molecule has 0 aliphatic carbocycles. The van der Waals surface area contributed by atoms with E-state index in [1.54, 1.807) is 7.05 Å². The number of carbonyl (C=O) groups excluding carboxylic acids is 2. The van der Waals surface area contributed by atoms with Gasteiger partial charge >= 0.3 is 0 Å². The predicted molar refractivity (Wildman–Crippen MR) is 99.3 cm³/mol. The van der Waals surface area contributed by atoms with Gasteiger partial charge in [0.05, 0.1) is 12.1 Å². The van der Waals surface area contributed by atoms with Crippen LogP contribution in [-0.4, -0.2) is 74.5 Å². The summed E-state index contributed by atoms with van der Waals surface area (Å²) in [6.45, 7) is 2.21. The van der Waals surface area contributed by atoms with E-state index in [9.17, 15) is 9.59 Å². The van der Waals surface area contributed by atoms with Crippen LogP contribution >= 0.6 is 0 Å². The summed E-state index contributed by atoms with van der Waals surface area (Å²) in [6.07, 6.45) is 2.35. The average Bonchev–Trinajstić information content (AvgIpc) is 3.09. The fourth-order valence-corrected chi connectivity index (χ4v) is 3.33. The minimum absolute atomic E-state index is 0.0290. The number of nitrogens with zero attached hydrogens (tertiary/aromatic N) is 2. The molecular weight excluding hydrogens is 316 g/mol. The lowest BCUT2D eigenvalue weighted by Gasteiger charge is -2.31. The van der Waals surface area contributed by atoms with E-state index in [4.69, 9.17) is 0 Å². The third kappa shape index (κ3) is 5.54. The van der Waals surface area contributed by atoms with Gasteiger partial charge in [-0.2, -0.15) is 0 Å². The summed E-state index contributed by atoms with van der Waals surface area (Å²) >= 11 is 0. The lowest BCUT2D eigenvalue weighted by molar-refractivity contribution is -0.130. The van der Waals surface area contributed by atoms with Gasteiger partial charge < -0.3 is 15.5 Å². The number of likely N-dealkylation sites (tertiary alicyclic amines) is 1. The first kappa shape index (κ1) is 19.4. The van der Waals surface area contributed by atoms with E-state index >= 15 is 0 Å². The molecule has 1 aliphatic rings. The highest BCUT2D eigenvalue weighted by Gasteiger charge is 2.38. The fraction of sp³-hybridized carbons (Fsp3) is 0.579. The third-order valence-electron chi connectivity index (χ3n) is 4.68. The van der Waals surface area contributed by atoms with Gasteiger partial charge in [0.15, 0.2) is 0 Å². The molecule has 2 N–H and O–H groups in total. The van der Waals surface area contributed by atoms with Crippen molar-refractivity contribution in [2.75, 3.05) is 40.8 Å². The second kappa shape index (κ2) is 9.53. The summed E-state index contributed by atoms with van der Waals surface area (Å²) in [7, 11) is 5.62. The first-order chi connectivity index (χ1) is 12.0. The zero-order valence-corrected chi connectivity index (χ0v) is 15.5. The number of hydrogen-bond acceptors (Lipinski definition) is 4. The van der Waals surface area contributed by atoms with Crippen molar-refractivity contribution in [2.45, 2.75) is 31.3 Å². The molecule has 1 heterocycles. The summed E-state index contributed by atoms with van der Waals surface area (Å²) in [5.41, 5.74) is 1.11. The third-order valence-corrected chi connectivity index (χ3v) is 4.68. The maximum atomic E-state index is 12.6. The van der Waals surface area contributed by atoms with Crippen LogP contribution in [0.25, 0.3) is 0 Å². The van der Waals surface area contributed by atoms with Crippen molar-refractivity contribution >= 4 is 11.8 Å². The Kier molecular flexibility index (Phi) is 7.40. The van der Waals surface area contributed by atoms with Gasteiger partial charge in [0.25, 0.3) is 0 Å². The van der Waals surface area contributed by atoms with Crippen LogP contribution in [0.1, 0.15) is 18.4 Å². The molecular formula is C19H30N4O2. The molecule has 1 saturated heterocycles. The Morgan fingerprint density at radius 1 is 1.28 bits per heavy atom. The van der Waals surface area contributed by atoms with Crippen molar-refractivity contribution in [3.05, 3.63) is 35.9 Å². The average molecular weight is 346 g/mol. The van der Waals surface area contributed by atoms with Gasteiger partial charge in [0.1, 0.15) is 0 Å². The molecule has 1 aliphatic heterocycles. The molecule has 1 fully saturated rings. The zero-order chi connectivity index (χ0) is 18.2. The number of nitrogens with one attached hydrogen (secondary N) is 2. The zero-order valence-electron chi connectivity index (χ0n) is 15.5. The Hall–Kier alpha value is -1.92. The van der Waals surface area contributed by atoms with Gasteiger partial charge in [-0.15, -0.1) is 0 Å². The van der Waals surface area contributed by atoms with Crippen LogP contribution in [0.3, 0.4) is 0 Å². The molecule has 1 aromatic carbocycles. The van der Waals surface area contributed by atoms with Crippen molar-refractivity contribution in [1.29, 1.82) is 0 Å². The first-order valence-corrected chi connectivity index (χ1v) is 8.96. The number of likely N-dealkylation sites (N-methyl/N-ethyl adjacent to an activating group) is 2. The van der Waals surface area contributed by atoms with Crippen molar-refractivity contribution in [2.24, 2.45) is 0 Å².